The predicted molar refractivity (Wildman–Crippen MR) is 164 cm³/mol. The molecule has 5 heterocycles. The van der Waals surface area contributed by atoms with Gasteiger partial charge >= 0.3 is 0 Å². The van der Waals surface area contributed by atoms with E-state index < -0.39 is 72.5 Å². The third kappa shape index (κ3) is 3.65. The molecule has 5 N–H and O–H groups in total. The Balaban J connectivity index is 1.30. The van der Waals surface area contributed by atoms with Gasteiger partial charge in [-0.2, -0.15) is 0 Å². The van der Waals surface area contributed by atoms with Crippen LogP contribution in [0.1, 0.15) is 47.7 Å². The molecule has 12 nitrogen and oxygen atoms in total. The number of aromatic nitrogens is 2. The summed E-state index contributed by atoms with van der Waals surface area (Å²) in [4.78, 5) is 57.0. The molecule has 2 aromatic heterocycles. The molecule has 5 atom stereocenters. The fourth-order valence-electron chi connectivity index (χ4n) is 7.47. The molecule has 3 aliphatic heterocycles. The summed E-state index contributed by atoms with van der Waals surface area (Å²) >= 11 is 0. The van der Waals surface area contributed by atoms with Gasteiger partial charge < -0.3 is 29.6 Å². The number of nitrogens with zero attached hydrogens (tertiary/aromatic N) is 2. The lowest BCUT2D eigenvalue weighted by atomic mass is 9.96. The normalized spacial score (nSPS) is 24.0. The van der Waals surface area contributed by atoms with Gasteiger partial charge in [-0.15, -0.1) is 0 Å². The second kappa shape index (κ2) is 9.74. The summed E-state index contributed by atoms with van der Waals surface area (Å²) in [5.74, 6) is -3.98. The molecular weight excluding hydrogens is 630 g/mol. The number of hydrogen-bond acceptors (Lipinski definition) is 8. The number of H-pyrrole nitrogens is 1. The minimum atomic E-state index is -1.88. The van der Waals surface area contributed by atoms with E-state index in [-0.39, 0.29) is 60.5 Å². The Labute approximate surface area is 266 Å². The fourth-order valence-corrected chi connectivity index (χ4v) is 7.47. The minimum Gasteiger partial charge on any atom is -0.388 e. The van der Waals surface area contributed by atoms with Crippen LogP contribution in [0.15, 0.2) is 60.7 Å². The first-order valence-electron chi connectivity index (χ1n) is 15.0. The molecule has 3 aliphatic rings. The van der Waals surface area contributed by atoms with Crippen LogP contribution >= 0.6 is 0 Å². The minimum absolute atomic E-state index is 0.0211. The van der Waals surface area contributed by atoms with E-state index in [1.807, 2.05) is 0 Å². The van der Waals surface area contributed by atoms with Gasteiger partial charge in [0.25, 0.3) is 23.6 Å². The van der Waals surface area contributed by atoms with Gasteiger partial charge in [-0.25, -0.2) is 8.78 Å². The van der Waals surface area contributed by atoms with E-state index in [1.165, 1.54) is 41.0 Å². The van der Waals surface area contributed by atoms with E-state index in [0.717, 1.165) is 17.0 Å². The molecule has 1 fully saturated rings. The molecule has 1 saturated heterocycles. The second-order valence-corrected chi connectivity index (χ2v) is 12.2. The van der Waals surface area contributed by atoms with Crippen molar-refractivity contribution in [1.82, 2.24) is 19.8 Å². The first-order valence-corrected chi connectivity index (χ1v) is 15.0. The highest BCUT2D eigenvalue weighted by molar-refractivity contribution is 6.39. The molecule has 0 aliphatic carbocycles. The van der Waals surface area contributed by atoms with Crippen molar-refractivity contribution in [2.45, 2.75) is 30.6 Å². The maximum atomic E-state index is 15.0. The SMILES string of the molecule is O=C1NC(=O)c2c1c1c3ccc(F)cc3[nH]c1c1c2c2ccc(F)cc2n1C1O[C@H](CN2C(=O)c3ccccc3C2=O)[C@@H](O)[C@H](O)[C@H]1O. The predicted octanol–water partition coefficient (Wildman–Crippen LogP) is 2.87. The number of fused-ring (bicyclic) bond motifs is 11. The van der Waals surface area contributed by atoms with Gasteiger partial charge in [-0.3, -0.25) is 29.4 Å². The summed E-state index contributed by atoms with van der Waals surface area (Å²) in [6, 6.07) is 13.7. The smallest absolute Gasteiger partial charge is 0.261 e. The Kier molecular flexibility index (Phi) is 5.82. The van der Waals surface area contributed by atoms with Crippen LogP contribution in [0.3, 0.4) is 0 Å². The number of benzene rings is 4. The number of amides is 4. The van der Waals surface area contributed by atoms with Crippen LogP contribution in [0, 0.1) is 11.6 Å². The lowest BCUT2D eigenvalue weighted by Crippen LogP contribution is -2.58. The van der Waals surface area contributed by atoms with Crippen LogP contribution in [-0.4, -0.2) is 84.4 Å². The molecule has 0 spiro atoms. The second-order valence-electron chi connectivity index (χ2n) is 12.2. The fraction of sp³-hybridized carbons (Fsp3) is 0.176. The van der Waals surface area contributed by atoms with E-state index in [4.69, 9.17) is 4.74 Å². The van der Waals surface area contributed by atoms with Crippen LogP contribution in [-0.2, 0) is 4.74 Å². The molecule has 48 heavy (non-hydrogen) atoms. The molecule has 1 unspecified atom stereocenters. The van der Waals surface area contributed by atoms with Gasteiger partial charge in [0.2, 0.25) is 0 Å². The first kappa shape index (κ1) is 28.7. The molecule has 4 aromatic carbocycles. The van der Waals surface area contributed by atoms with Crippen molar-refractivity contribution in [3.05, 3.63) is 94.6 Å². The molecular formula is C34H22F2N4O8. The average Bonchev–Trinajstić information content (AvgIpc) is 3.76. The van der Waals surface area contributed by atoms with Gasteiger partial charge in [-0.1, -0.05) is 12.1 Å². The summed E-state index contributed by atoms with van der Waals surface area (Å²) in [6.45, 7) is -0.507. The van der Waals surface area contributed by atoms with Crippen LogP contribution in [0.4, 0.5) is 8.78 Å². The molecule has 4 amide bonds. The van der Waals surface area contributed by atoms with Crippen LogP contribution in [0.2, 0.25) is 0 Å². The molecule has 6 aromatic rings. The van der Waals surface area contributed by atoms with Crippen molar-refractivity contribution in [3.63, 3.8) is 0 Å². The Morgan fingerprint density at radius 2 is 1.38 bits per heavy atom. The van der Waals surface area contributed by atoms with Gasteiger partial charge in [0, 0.05) is 27.1 Å². The van der Waals surface area contributed by atoms with E-state index in [9.17, 15) is 43.3 Å². The number of imide groups is 2. The van der Waals surface area contributed by atoms with Crippen LogP contribution < -0.4 is 5.32 Å². The summed E-state index contributed by atoms with van der Waals surface area (Å²) in [5, 5.41) is 37.1. The average molecular weight is 653 g/mol. The maximum Gasteiger partial charge on any atom is 0.261 e. The maximum absolute atomic E-state index is 15.0. The van der Waals surface area contributed by atoms with Crippen molar-refractivity contribution >= 4 is 67.2 Å². The number of carbonyl (C=O) groups excluding carboxylic acids is 4. The standard InChI is InChI=1S/C34H22F2N4O8/c35-12-5-7-16-18(9-12)37-25-21(16)23-24(31(45)38-30(23)44)22-17-8-6-13(36)10-19(17)40(26(22)25)34-29(43)28(42)27(41)20(48-34)11-39-32(46)14-3-1-2-4-15(14)33(39)47/h1-10,20,27-29,34,37,41-43H,11H2,(H,38,44,45)/t20-,27-,28+,29-,34?/m1/s1. The number of nitrogens with one attached hydrogen (secondary N) is 2. The Bertz CT molecular complexity index is 2450. The van der Waals surface area contributed by atoms with Crippen LogP contribution in [0.5, 0.6) is 0 Å². The third-order valence-corrected chi connectivity index (χ3v) is 9.58. The quantitative estimate of drug-likeness (QED) is 0.182. The van der Waals surface area contributed by atoms with Crippen LogP contribution in [0.25, 0.3) is 43.6 Å². The highest BCUT2D eigenvalue weighted by atomic mass is 19.1. The van der Waals surface area contributed by atoms with Gasteiger partial charge in [-0.05, 0) is 48.5 Å². The number of aliphatic hydroxyl groups excluding tert-OH is 3. The Morgan fingerprint density at radius 1 is 0.750 bits per heavy atom. The number of rotatable bonds is 3. The van der Waals surface area contributed by atoms with Crippen molar-refractivity contribution in [1.29, 1.82) is 0 Å². The Hall–Kier alpha value is -5.54. The molecule has 0 radical (unpaired) electrons. The van der Waals surface area contributed by atoms with E-state index in [2.05, 4.69) is 10.3 Å². The number of hydrogen-bond donors (Lipinski definition) is 5. The highest BCUT2D eigenvalue weighted by Gasteiger charge is 2.49. The summed E-state index contributed by atoms with van der Waals surface area (Å²) in [5.41, 5.74) is 1.04. The number of halogens is 2. The van der Waals surface area contributed by atoms with Crippen molar-refractivity contribution < 1.29 is 48.0 Å². The zero-order valence-electron chi connectivity index (χ0n) is 24.4. The molecule has 0 bridgehead atoms. The largest absolute Gasteiger partial charge is 0.388 e. The monoisotopic (exact) mass is 652 g/mol. The summed E-state index contributed by atoms with van der Waals surface area (Å²) < 4.78 is 37.0. The van der Waals surface area contributed by atoms with Crippen molar-refractivity contribution in [2.24, 2.45) is 0 Å². The number of ether oxygens (including phenoxy) is 1. The lowest BCUT2D eigenvalue weighted by Gasteiger charge is -2.42. The first-order chi connectivity index (χ1) is 23.0. The van der Waals surface area contributed by atoms with Gasteiger partial charge in [0.1, 0.15) is 36.1 Å². The number of aliphatic hydroxyl groups is 3. The lowest BCUT2D eigenvalue weighted by molar-refractivity contribution is -0.243. The number of carbonyl (C=O) groups is 4. The topological polar surface area (TPSA) is 174 Å². The van der Waals surface area contributed by atoms with Gasteiger partial charge in [0.15, 0.2) is 6.23 Å². The Morgan fingerprint density at radius 3 is 2.06 bits per heavy atom. The summed E-state index contributed by atoms with van der Waals surface area (Å²) in [7, 11) is 0. The highest BCUT2D eigenvalue weighted by Crippen LogP contribution is 2.46. The number of aromatic amines is 1. The molecule has 14 heteroatoms. The van der Waals surface area contributed by atoms with E-state index in [0.29, 0.717) is 5.39 Å². The molecule has 240 valence electrons. The molecule has 0 saturated carbocycles. The zero-order valence-corrected chi connectivity index (χ0v) is 24.4. The van der Waals surface area contributed by atoms with E-state index >= 15 is 0 Å². The zero-order chi connectivity index (χ0) is 33.3. The van der Waals surface area contributed by atoms with E-state index in [1.54, 1.807) is 12.1 Å². The third-order valence-electron chi connectivity index (χ3n) is 9.58. The van der Waals surface area contributed by atoms with Gasteiger partial charge in [0.05, 0.1) is 45.3 Å². The summed E-state index contributed by atoms with van der Waals surface area (Å²) in [6.07, 6.45) is -8.55. The van der Waals surface area contributed by atoms with Crippen molar-refractivity contribution in [3.8, 4) is 0 Å². The molecule has 9 rings (SSSR count). The van der Waals surface area contributed by atoms with Crippen molar-refractivity contribution in [2.75, 3.05) is 6.54 Å².